The summed E-state index contributed by atoms with van der Waals surface area (Å²) in [4.78, 5) is 31.9. The maximum Gasteiger partial charge on any atom is 0.306 e. The lowest BCUT2D eigenvalue weighted by Crippen LogP contribution is -2.47. The molecule has 2 heterocycles. The number of methoxy groups -OCH3 is 1. The molecule has 0 radical (unpaired) electrons. The second kappa shape index (κ2) is 10.7. The number of hydrogen-bond acceptors (Lipinski definition) is 7. The maximum atomic E-state index is 11.6. The lowest BCUT2D eigenvalue weighted by molar-refractivity contribution is -0.147. The monoisotopic (exact) mass is 411 g/mol. The van der Waals surface area contributed by atoms with Crippen LogP contribution in [0.1, 0.15) is 19.8 Å². The molecule has 7 heteroatoms. The molecule has 0 amide bonds. The molecule has 7 nitrogen and oxygen atoms in total. The fraction of sp³-hybridized carbons (Fsp3) is 0.435. The summed E-state index contributed by atoms with van der Waals surface area (Å²) in [6, 6.07) is 14.0. The molecule has 3 rings (SSSR count). The highest BCUT2D eigenvalue weighted by Crippen LogP contribution is 2.23. The molecule has 0 unspecified atom stereocenters. The summed E-state index contributed by atoms with van der Waals surface area (Å²) in [6.07, 6.45) is 1.08. The minimum absolute atomic E-state index is 0.125. The largest absolute Gasteiger partial charge is 0.497 e. The van der Waals surface area contributed by atoms with Crippen molar-refractivity contribution < 1.29 is 19.1 Å². The number of hydrogen-bond donors (Lipinski definition) is 0. The maximum absolute atomic E-state index is 11.6. The van der Waals surface area contributed by atoms with Gasteiger partial charge in [0.1, 0.15) is 18.2 Å². The fourth-order valence-electron chi connectivity index (χ4n) is 3.42. The number of nitrogens with zero attached hydrogens (tertiary/aromatic N) is 3. The van der Waals surface area contributed by atoms with Gasteiger partial charge in [-0.1, -0.05) is 6.07 Å². The summed E-state index contributed by atoms with van der Waals surface area (Å²) in [7, 11) is 1.66. The van der Waals surface area contributed by atoms with Crippen LogP contribution in [0.25, 0.3) is 11.3 Å². The molecule has 1 aromatic carbocycles. The molecule has 0 N–H and O–H groups in total. The van der Waals surface area contributed by atoms with Crippen LogP contribution < -0.4 is 9.64 Å². The fourth-order valence-corrected chi connectivity index (χ4v) is 3.42. The van der Waals surface area contributed by atoms with E-state index in [1.54, 1.807) is 7.11 Å². The van der Waals surface area contributed by atoms with Gasteiger partial charge in [-0.3, -0.25) is 14.5 Å². The number of anilines is 1. The van der Waals surface area contributed by atoms with Crippen LogP contribution in [-0.4, -0.2) is 68.1 Å². The van der Waals surface area contributed by atoms with E-state index in [4.69, 9.17) is 14.5 Å². The number of ether oxygens (including phenoxy) is 2. The van der Waals surface area contributed by atoms with E-state index in [1.165, 1.54) is 6.92 Å². The van der Waals surface area contributed by atoms with Crippen LogP contribution in [-0.2, 0) is 14.3 Å². The lowest BCUT2D eigenvalue weighted by Gasteiger charge is -2.35. The first-order valence-electron chi connectivity index (χ1n) is 10.3. The Kier molecular flexibility index (Phi) is 7.79. The van der Waals surface area contributed by atoms with Gasteiger partial charge in [0.15, 0.2) is 5.78 Å². The Morgan fingerprint density at radius 1 is 1.03 bits per heavy atom. The number of ketones is 1. The highest BCUT2D eigenvalue weighted by atomic mass is 16.5. The molecule has 0 saturated carbocycles. The van der Waals surface area contributed by atoms with Crippen molar-refractivity contribution >= 4 is 17.6 Å². The average molecular weight is 412 g/mol. The van der Waals surface area contributed by atoms with Crippen molar-refractivity contribution in [2.75, 3.05) is 51.3 Å². The van der Waals surface area contributed by atoms with Crippen molar-refractivity contribution in [3.05, 3.63) is 42.5 Å². The van der Waals surface area contributed by atoms with E-state index >= 15 is 0 Å². The third-order valence-corrected chi connectivity index (χ3v) is 5.11. The number of pyridine rings is 1. The van der Waals surface area contributed by atoms with Crippen molar-refractivity contribution in [2.45, 2.75) is 19.8 Å². The minimum Gasteiger partial charge on any atom is -0.497 e. The van der Waals surface area contributed by atoms with Crippen LogP contribution in [0.3, 0.4) is 0 Å². The minimum atomic E-state index is -0.302. The van der Waals surface area contributed by atoms with Crippen molar-refractivity contribution in [3.8, 4) is 17.0 Å². The number of carbonyl (C=O) groups excluding carboxylic acids is 2. The highest BCUT2D eigenvalue weighted by Gasteiger charge is 2.18. The topological polar surface area (TPSA) is 72.0 Å². The number of benzene rings is 1. The van der Waals surface area contributed by atoms with Crippen LogP contribution in [0.2, 0.25) is 0 Å². The number of esters is 1. The molecule has 0 bridgehead atoms. The number of piperazine rings is 1. The second-order valence-electron chi connectivity index (χ2n) is 7.40. The van der Waals surface area contributed by atoms with Gasteiger partial charge in [-0.15, -0.1) is 0 Å². The molecule has 0 spiro atoms. The Labute approximate surface area is 177 Å². The van der Waals surface area contributed by atoms with Crippen LogP contribution in [0.5, 0.6) is 5.75 Å². The summed E-state index contributed by atoms with van der Waals surface area (Å²) in [6.45, 7) is 5.78. The van der Waals surface area contributed by atoms with Gasteiger partial charge in [-0.2, -0.15) is 0 Å². The highest BCUT2D eigenvalue weighted by molar-refractivity contribution is 5.80. The van der Waals surface area contributed by atoms with Gasteiger partial charge in [0.25, 0.3) is 0 Å². The van der Waals surface area contributed by atoms with Crippen molar-refractivity contribution in [2.24, 2.45) is 0 Å². The summed E-state index contributed by atoms with van der Waals surface area (Å²) >= 11 is 0. The van der Waals surface area contributed by atoms with Gasteiger partial charge < -0.3 is 14.4 Å². The molecule has 0 atom stereocenters. The Bertz CT molecular complexity index is 846. The lowest BCUT2D eigenvalue weighted by atomic mass is 10.1. The zero-order chi connectivity index (χ0) is 21.3. The van der Waals surface area contributed by atoms with Gasteiger partial charge in [0, 0.05) is 38.2 Å². The van der Waals surface area contributed by atoms with Gasteiger partial charge in [-0.05, 0) is 56.3 Å². The van der Waals surface area contributed by atoms with E-state index in [0.29, 0.717) is 6.42 Å². The van der Waals surface area contributed by atoms with Crippen molar-refractivity contribution in [1.82, 2.24) is 9.88 Å². The average Bonchev–Trinajstić information content (AvgIpc) is 2.78. The summed E-state index contributed by atoms with van der Waals surface area (Å²) < 4.78 is 10.1. The van der Waals surface area contributed by atoms with Gasteiger partial charge in [0.05, 0.1) is 12.8 Å². The van der Waals surface area contributed by atoms with Gasteiger partial charge in [0.2, 0.25) is 0 Å². The Hall–Kier alpha value is -2.93. The second-order valence-corrected chi connectivity index (χ2v) is 7.40. The normalized spacial score (nSPS) is 14.4. The van der Waals surface area contributed by atoms with E-state index in [1.807, 2.05) is 42.5 Å². The number of Topliss-reactive ketones (excluding diaryl/α,β-unsaturated/α-hetero) is 1. The molecular formula is C23H29N3O4. The molecule has 160 valence electrons. The first kappa shape index (κ1) is 21.8. The van der Waals surface area contributed by atoms with Crippen molar-refractivity contribution in [3.63, 3.8) is 0 Å². The van der Waals surface area contributed by atoms with E-state index in [2.05, 4.69) is 9.80 Å². The molecule has 0 aliphatic carbocycles. The third kappa shape index (κ3) is 6.29. The third-order valence-electron chi connectivity index (χ3n) is 5.11. The predicted molar refractivity (Wildman–Crippen MR) is 116 cm³/mol. The zero-order valence-corrected chi connectivity index (χ0v) is 17.7. The first-order valence-corrected chi connectivity index (χ1v) is 10.3. The van der Waals surface area contributed by atoms with Crippen molar-refractivity contribution in [1.29, 1.82) is 0 Å². The SMILES string of the molecule is COc1ccc(-c2cccc(N3CCN(CCCC(=O)OCC(C)=O)CC3)n2)cc1. The molecule has 30 heavy (non-hydrogen) atoms. The predicted octanol–water partition coefficient (Wildman–Crippen LogP) is 2.79. The first-order chi connectivity index (χ1) is 14.5. The number of rotatable bonds is 9. The molecular weight excluding hydrogens is 382 g/mol. The quantitative estimate of drug-likeness (QED) is 0.588. The van der Waals surface area contributed by atoms with Crippen LogP contribution in [0.4, 0.5) is 5.82 Å². The van der Waals surface area contributed by atoms with Crippen LogP contribution in [0.15, 0.2) is 42.5 Å². The van der Waals surface area contributed by atoms with E-state index in [-0.39, 0.29) is 18.4 Å². The summed E-state index contributed by atoms with van der Waals surface area (Å²) in [5, 5.41) is 0. The molecule has 2 aromatic rings. The number of carbonyl (C=O) groups is 2. The van der Waals surface area contributed by atoms with Gasteiger partial charge >= 0.3 is 5.97 Å². The van der Waals surface area contributed by atoms with Gasteiger partial charge in [-0.25, -0.2) is 4.98 Å². The summed E-state index contributed by atoms with van der Waals surface area (Å²) in [5.41, 5.74) is 2.01. The van der Waals surface area contributed by atoms with E-state index < -0.39 is 0 Å². The van der Waals surface area contributed by atoms with E-state index in [0.717, 1.165) is 62.0 Å². The molecule has 1 aliphatic heterocycles. The molecule has 1 saturated heterocycles. The smallest absolute Gasteiger partial charge is 0.306 e. The molecule has 1 aromatic heterocycles. The zero-order valence-electron chi connectivity index (χ0n) is 17.7. The Morgan fingerprint density at radius 2 is 1.77 bits per heavy atom. The van der Waals surface area contributed by atoms with Crippen LogP contribution >= 0.6 is 0 Å². The molecule has 1 aliphatic rings. The standard InChI is InChI=1S/C23H29N3O4/c1-18(27)17-30-23(28)7-4-12-25-13-15-26(16-14-25)22-6-3-5-21(24-22)19-8-10-20(29-2)11-9-19/h3,5-6,8-11H,4,7,12-17H2,1-2H3. The molecule has 1 fully saturated rings. The summed E-state index contributed by atoms with van der Waals surface area (Å²) in [5.74, 6) is 1.38. The number of aromatic nitrogens is 1. The van der Waals surface area contributed by atoms with E-state index in [9.17, 15) is 9.59 Å². The van der Waals surface area contributed by atoms with Crippen LogP contribution in [0, 0.1) is 0 Å². The Balaban J connectivity index is 1.47. The Morgan fingerprint density at radius 3 is 2.43 bits per heavy atom.